The minimum atomic E-state index is -3.48. The van der Waals surface area contributed by atoms with E-state index in [9.17, 15) is 52.0 Å². The Bertz CT molecular complexity index is 4110. The molecular weight excluding hydrogens is 1320 g/mol. The highest BCUT2D eigenvalue weighted by Crippen LogP contribution is 2.27. The topological polar surface area (TPSA) is 186 Å². The van der Waals surface area contributed by atoms with E-state index < -0.39 is 41.7 Å². The molecule has 5 aromatic carbocycles. The molecule has 0 bridgehead atoms. The average molecular weight is 1360 g/mol. The van der Waals surface area contributed by atoms with Gasteiger partial charge < -0.3 is 15.1 Å². The Morgan fingerprint density at radius 1 is 0.541 bits per heavy atom. The van der Waals surface area contributed by atoms with E-state index in [-0.39, 0.29) is 24.1 Å². The number of rotatable bonds is 4. The molecule has 74 heavy (non-hydrogen) atoms. The van der Waals surface area contributed by atoms with Crippen molar-refractivity contribution in [3.63, 3.8) is 0 Å². The van der Waals surface area contributed by atoms with Crippen LogP contribution in [0.2, 0.25) is 0 Å². The first-order chi connectivity index (χ1) is 34.8. The normalized spacial score (nSPS) is 11.2. The van der Waals surface area contributed by atoms with Gasteiger partial charge in [0.15, 0.2) is 6.29 Å². The van der Waals surface area contributed by atoms with Crippen LogP contribution >= 0.6 is 61.1 Å². The number of halogens is 8. The van der Waals surface area contributed by atoms with E-state index in [0.29, 0.717) is 70.0 Å². The lowest BCUT2D eigenvalue weighted by Crippen LogP contribution is -2.08. The van der Waals surface area contributed by atoms with Gasteiger partial charge in [0, 0.05) is 81.7 Å². The maximum absolute atomic E-state index is 13.2. The first-order valence-electron chi connectivity index (χ1n) is 20.8. The molecule has 5 heterocycles. The van der Waals surface area contributed by atoms with Gasteiger partial charge in [-0.3, -0.25) is 4.79 Å². The maximum atomic E-state index is 13.2. The monoisotopic (exact) mass is 1360 g/mol. The van der Waals surface area contributed by atoms with Gasteiger partial charge in [-0.2, -0.15) is 0 Å². The number of H-pyrrole nitrogens is 2. The summed E-state index contributed by atoms with van der Waals surface area (Å²) in [6, 6.07) is 20.8. The molecule has 0 aliphatic rings. The quantitative estimate of drug-likeness (QED) is 0.0511. The fraction of sp³-hybridized carbons (Fsp3) is 0.100. The number of aromatic nitrogens is 5. The van der Waals surface area contributed by atoms with Gasteiger partial charge in [0.2, 0.25) is 30.1 Å². The van der Waals surface area contributed by atoms with Crippen molar-refractivity contribution in [2.45, 2.75) is 0 Å². The number of carbonyl (C=O) groups excluding carboxylic acids is 1. The molecule has 5 aromatic heterocycles. The van der Waals surface area contributed by atoms with Crippen molar-refractivity contribution in [3.8, 4) is 23.7 Å². The molecule has 3 N–H and O–H groups in total. The summed E-state index contributed by atoms with van der Waals surface area (Å²) in [6.07, 6.45) is 11.6. The number of hydrogen-bond donors (Lipinski definition) is 3. The Morgan fingerprint density at radius 2 is 0.919 bits per heavy atom. The second kappa shape index (κ2) is 24.1. The fourth-order valence-corrected chi connectivity index (χ4v) is 11.1. The van der Waals surface area contributed by atoms with Gasteiger partial charge in [-0.1, -0.05) is 39.6 Å². The summed E-state index contributed by atoms with van der Waals surface area (Å²) in [4.78, 5) is 16.4. The molecule has 0 saturated carbocycles. The highest BCUT2D eigenvalue weighted by atomic mass is 127. The number of aromatic amines is 2. The number of nitrogens with one attached hydrogen (secondary N) is 2. The first-order valence-corrected chi connectivity index (χ1v) is 29.6. The van der Waals surface area contributed by atoms with Crippen LogP contribution in [0.4, 0.5) is 22.0 Å². The first kappa shape index (κ1) is 57.3. The third kappa shape index (κ3) is 14.0. The van der Waals surface area contributed by atoms with Crippen LogP contribution < -0.4 is 0 Å². The SMILES string of the molecule is CS(=O)(=O)n1cc(C#CCBr)c2cc(F)ccc21.CS(=O)(=O)n1cc(C#CCO)c2cc(F)ccc21.CS(=O)(=O)n1cc(I)c2cc(F)ccc21.Fc1ccc2[nH]cc(I)c2c1.O=Cc1c[nH]c2ccc(F)cc12. The molecule has 0 aliphatic carbocycles. The van der Waals surface area contributed by atoms with Crippen LogP contribution in [0.1, 0.15) is 21.5 Å². The van der Waals surface area contributed by atoms with Crippen LogP contribution in [0.15, 0.2) is 122 Å². The summed E-state index contributed by atoms with van der Waals surface area (Å²) in [7, 11) is -10.2. The van der Waals surface area contributed by atoms with Gasteiger partial charge in [0.25, 0.3) is 0 Å². The van der Waals surface area contributed by atoms with Gasteiger partial charge >= 0.3 is 0 Å². The molecule has 0 atom stereocenters. The second-order valence-corrected chi connectivity index (χ2v) is 24.0. The number of carbonyl (C=O) groups is 1. The number of aliphatic hydroxyl groups is 1. The van der Waals surface area contributed by atoms with Crippen molar-refractivity contribution in [2.75, 3.05) is 30.7 Å². The van der Waals surface area contributed by atoms with Crippen molar-refractivity contribution in [1.82, 2.24) is 21.9 Å². The smallest absolute Gasteiger partial charge is 0.236 e. The van der Waals surface area contributed by atoms with Crippen molar-refractivity contribution in [2.24, 2.45) is 0 Å². The summed E-state index contributed by atoms with van der Waals surface area (Å²) in [5.41, 5.74) is 4.40. The van der Waals surface area contributed by atoms with Gasteiger partial charge in [-0.15, -0.1) is 0 Å². The Morgan fingerprint density at radius 3 is 1.36 bits per heavy atom. The summed E-state index contributed by atoms with van der Waals surface area (Å²) in [6.45, 7) is -0.346. The molecule has 10 rings (SSSR count). The molecule has 0 saturated heterocycles. The third-order valence-electron chi connectivity index (χ3n) is 10.2. The standard InChI is InChI=1S/C12H9BrFNO2S.C12H10FNO3S.C9H7FINO2S.C9H6FNO.C8H5FIN/c1-18(16,17)15-8-9(3-2-6-13)11-7-10(14)4-5-12(11)15;1-18(16,17)14-8-9(3-2-6-15)11-7-10(13)4-5-12(11)14;1-15(13,14)12-5-8(11)7-4-6(10)2-3-9(7)12;10-7-1-2-9-8(3-7)6(5-12)4-11-9;9-5-1-2-8-6(3-5)7(10)4-11-8/h4-5,7-8H,6H2,1H3;4-5,7-8,15H,6H2,1H3;2-5H,1H3;1-5,11H;1-4,11H. The third-order valence-corrected chi connectivity index (χ3v) is 15.3. The fourth-order valence-electron chi connectivity index (χ4n) is 7.04. The van der Waals surface area contributed by atoms with Crippen molar-refractivity contribution >= 4 is 152 Å². The van der Waals surface area contributed by atoms with E-state index in [2.05, 4.69) is 72.2 Å². The molecule has 0 amide bonds. The molecule has 0 unspecified atom stereocenters. The largest absolute Gasteiger partial charge is 0.384 e. The molecule has 24 heteroatoms. The molecule has 0 radical (unpaired) electrons. The van der Waals surface area contributed by atoms with Gasteiger partial charge in [-0.05, 0) is 136 Å². The lowest BCUT2D eigenvalue weighted by atomic mass is 10.2. The Labute approximate surface area is 456 Å². The van der Waals surface area contributed by atoms with E-state index >= 15 is 0 Å². The van der Waals surface area contributed by atoms with Crippen LogP contribution in [0.25, 0.3) is 54.5 Å². The number of alkyl halides is 1. The van der Waals surface area contributed by atoms with E-state index in [1.165, 1.54) is 97.5 Å². The minimum Gasteiger partial charge on any atom is -0.384 e. The van der Waals surface area contributed by atoms with Crippen LogP contribution in [0, 0.1) is 59.9 Å². The Kier molecular flexibility index (Phi) is 18.7. The molecular formula is C50H37BrF5I2N5O8S3. The number of aldehydes is 1. The minimum absolute atomic E-state index is 0.185. The molecule has 13 nitrogen and oxygen atoms in total. The lowest BCUT2D eigenvalue weighted by molar-refractivity contribution is 0.112. The van der Waals surface area contributed by atoms with Crippen LogP contribution in [-0.2, 0) is 30.1 Å². The average Bonchev–Trinajstić information content (AvgIpc) is 4.17. The molecule has 384 valence electrons. The van der Waals surface area contributed by atoms with E-state index in [1.807, 2.05) is 28.8 Å². The molecule has 10 aromatic rings. The summed E-state index contributed by atoms with van der Waals surface area (Å²) in [5.74, 6) is 8.83. The van der Waals surface area contributed by atoms with E-state index in [1.54, 1.807) is 18.3 Å². The zero-order valence-corrected chi connectivity index (χ0v) is 46.8. The number of benzene rings is 5. The number of aliphatic hydroxyl groups excluding tert-OH is 1. The van der Waals surface area contributed by atoms with Gasteiger partial charge in [0.1, 0.15) is 35.7 Å². The summed E-state index contributed by atoms with van der Waals surface area (Å²) >= 11 is 7.31. The second-order valence-electron chi connectivity index (χ2n) is 15.5. The van der Waals surface area contributed by atoms with Crippen LogP contribution in [0.5, 0.6) is 0 Å². The zero-order valence-electron chi connectivity index (χ0n) is 38.4. The van der Waals surface area contributed by atoms with Crippen LogP contribution in [-0.4, -0.2) is 89.2 Å². The highest BCUT2D eigenvalue weighted by molar-refractivity contribution is 14.1. The Hall–Kier alpha value is -6.01. The van der Waals surface area contributed by atoms with Crippen molar-refractivity contribution < 1.29 is 57.1 Å². The molecule has 0 aliphatic heterocycles. The summed E-state index contributed by atoms with van der Waals surface area (Å²) < 4.78 is 139. The highest BCUT2D eigenvalue weighted by Gasteiger charge is 2.17. The molecule has 0 fully saturated rings. The number of hydrogen-bond acceptors (Lipinski definition) is 8. The van der Waals surface area contributed by atoms with E-state index in [0.717, 1.165) is 50.7 Å². The predicted molar refractivity (Wildman–Crippen MR) is 298 cm³/mol. The number of fused-ring (bicyclic) bond motifs is 5. The summed E-state index contributed by atoms with van der Waals surface area (Å²) in [5, 5.41) is 12.2. The Balaban J connectivity index is 0.000000152. The zero-order chi connectivity index (χ0) is 54.3. The van der Waals surface area contributed by atoms with E-state index in [4.69, 9.17) is 5.11 Å². The lowest BCUT2D eigenvalue weighted by Gasteiger charge is -2.00. The van der Waals surface area contributed by atoms with Gasteiger partial charge in [0.05, 0.1) is 51.8 Å². The predicted octanol–water partition coefficient (Wildman–Crippen LogP) is 10.5. The van der Waals surface area contributed by atoms with Crippen LogP contribution in [0.3, 0.4) is 0 Å². The van der Waals surface area contributed by atoms with Crippen molar-refractivity contribution in [1.29, 1.82) is 0 Å². The molecule has 0 spiro atoms. The maximum Gasteiger partial charge on any atom is 0.236 e. The van der Waals surface area contributed by atoms with Crippen molar-refractivity contribution in [3.05, 3.63) is 175 Å². The van der Waals surface area contributed by atoms with Gasteiger partial charge in [-0.25, -0.2) is 59.1 Å². The number of nitrogens with zero attached hydrogens (tertiary/aromatic N) is 3.